The van der Waals surface area contributed by atoms with Gasteiger partial charge in [-0.1, -0.05) is 24.0 Å². The van der Waals surface area contributed by atoms with Gasteiger partial charge in [-0.3, -0.25) is 14.5 Å². The van der Waals surface area contributed by atoms with Gasteiger partial charge in [-0.25, -0.2) is 4.79 Å². The highest BCUT2D eigenvalue weighted by Crippen LogP contribution is 2.34. The van der Waals surface area contributed by atoms with Gasteiger partial charge in [-0.15, -0.1) is 0 Å². The summed E-state index contributed by atoms with van der Waals surface area (Å²) in [7, 11) is 0. The van der Waals surface area contributed by atoms with Crippen molar-refractivity contribution in [2.24, 2.45) is 0 Å². The van der Waals surface area contributed by atoms with Crippen molar-refractivity contribution in [1.29, 1.82) is 0 Å². The maximum Gasteiger partial charge on any atom is 0.327 e. The van der Waals surface area contributed by atoms with Crippen LogP contribution in [0.3, 0.4) is 0 Å². The van der Waals surface area contributed by atoms with Crippen LogP contribution in [-0.4, -0.2) is 48.3 Å². The Morgan fingerprint density at radius 2 is 2.19 bits per heavy atom. The molecule has 0 unspecified atom stereocenters. The zero-order chi connectivity index (χ0) is 15.6. The molecule has 21 heavy (non-hydrogen) atoms. The minimum atomic E-state index is -1.51. The minimum absolute atomic E-state index is 0.0338. The summed E-state index contributed by atoms with van der Waals surface area (Å²) in [5.74, 6) is -3.33. The average molecular weight is 326 g/mol. The molecule has 1 aromatic heterocycles. The first-order valence-electron chi connectivity index (χ1n) is 5.75. The molecule has 0 radical (unpaired) electrons. The van der Waals surface area contributed by atoms with Crippen LogP contribution < -0.4 is 0 Å². The van der Waals surface area contributed by atoms with Crippen molar-refractivity contribution >= 4 is 52.2 Å². The van der Waals surface area contributed by atoms with Crippen LogP contribution >= 0.6 is 24.0 Å². The van der Waals surface area contributed by atoms with E-state index in [-0.39, 0.29) is 9.23 Å². The van der Waals surface area contributed by atoms with Gasteiger partial charge in [0.2, 0.25) is 0 Å². The van der Waals surface area contributed by atoms with Gasteiger partial charge < -0.3 is 15.2 Å². The fourth-order valence-corrected chi connectivity index (χ4v) is 3.13. The summed E-state index contributed by atoms with van der Waals surface area (Å²) >= 11 is 5.94. The van der Waals surface area contributed by atoms with E-state index in [1.54, 1.807) is 24.4 Å². The molecular formula is C12H10N2O5S2. The molecule has 0 saturated carbocycles. The number of carboxylic acid groups (broad SMARTS) is 2. The minimum Gasteiger partial charge on any atom is -0.481 e. The van der Waals surface area contributed by atoms with Crippen LogP contribution in [0.4, 0.5) is 0 Å². The van der Waals surface area contributed by atoms with E-state index in [0.29, 0.717) is 5.69 Å². The predicted octanol–water partition coefficient (Wildman–Crippen LogP) is 1.14. The van der Waals surface area contributed by atoms with E-state index in [1.165, 1.54) is 0 Å². The molecule has 1 saturated heterocycles. The second-order valence-corrected chi connectivity index (χ2v) is 5.80. The van der Waals surface area contributed by atoms with Crippen molar-refractivity contribution in [2.75, 3.05) is 0 Å². The molecule has 0 spiro atoms. The molecule has 1 atom stereocenters. The van der Waals surface area contributed by atoms with Gasteiger partial charge >= 0.3 is 11.9 Å². The maximum absolute atomic E-state index is 12.2. The first-order valence-corrected chi connectivity index (χ1v) is 6.97. The molecule has 3 N–H and O–H groups in total. The number of rotatable bonds is 5. The number of H-pyrrole nitrogens is 1. The summed E-state index contributed by atoms with van der Waals surface area (Å²) in [6.07, 6.45) is 2.51. The number of carbonyl (C=O) groups excluding carboxylic acids is 1. The summed E-state index contributed by atoms with van der Waals surface area (Å²) in [4.78, 5) is 38.2. The fourth-order valence-electron chi connectivity index (χ4n) is 1.78. The number of aromatic amines is 1. The predicted molar refractivity (Wildman–Crippen MR) is 79.5 cm³/mol. The van der Waals surface area contributed by atoms with Gasteiger partial charge in [-0.2, -0.15) is 0 Å². The highest BCUT2D eigenvalue weighted by Gasteiger charge is 2.41. The monoisotopic (exact) mass is 326 g/mol. The largest absolute Gasteiger partial charge is 0.481 e. The maximum atomic E-state index is 12.2. The lowest BCUT2D eigenvalue weighted by molar-refractivity contribution is -0.150. The molecule has 7 nitrogen and oxygen atoms in total. The molecule has 1 aliphatic heterocycles. The first kappa shape index (κ1) is 15.3. The Kier molecular flexibility index (Phi) is 4.43. The summed E-state index contributed by atoms with van der Waals surface area (Å²) < 4.78 is 0.0338. The van der Waals surface area contributed by atoms with Gasteiger partial charge in [0, 0.05) is 11.9 Å². The quantitative estimate of drug-likeness (QED) is 0.549. The lowest BCUT2D eigenvalue weighted by Gasteiger charge is -2.21. The third-order valence-electron chi connectivity index (χ3n) is 2.70. The lowest BCUT2D eigenvalue weighted by atomic mass is 10.2. The number of thioether (sulfide) groups is 1. The van der Waals surface area contributed by atoms with Crippen molar-refractivity contribution in [2.45, 2.75) is 12.5 Å². The third-order valence-corrected chi connectivity index (χ3v) is 4.03. The molecule has 1 aromatic rings. The second kappa shape index (κ2) is 6.10. The standard InChI is InChI=1S/C12H10N2O5S2/c15-9(16)5-7(11(18)19)14-10(17)8(21-12(14)20)4-6-2-1-3-13-6/h1-4,7,13H,5H2,(H,15,16)(H,18,19)/b8-4-/t7-/m0/s1. The van der Waals surface area contributed by atoms with Gasteiger partial charge in [0.05, 0.1) is 11.3 Å². The lowest BCUT2D eigenvalue weighted by Crippen LogP contribution is -2.45. The molecule has 0 aliphatic carbocycles. The van der Waals surface area contributed by atoms with Crippen LogP contribution in [0.5, 0.6) is 0 Å². The number of nitrogens with one attached hydrogen (secondary N) is 1. The van der Waals surface area contributed by atoms with Gasteiger partial charge in [0.1, 0.15) is 10.4 Å². The van der Waals surface area contributed by atoms with E-state index in [2.05, 4.69) is 4.98 Å². The van der Waals surface area contributed by atoms with Crippen LogP contribution in [0.15, 0.2) is 23.2 Å². The molecule has 0 aromatic carbocycles. The van der Waals surface area contributed by atoms with E-state index >= 15 is 0 Å². The van der Waals surface area contributed by atoms with Crippen LogP contribution in [0.25, 0.3) is 6.08 Å². The highest BCUT2D eigenvalue weighted by atomic mass is 32.2. The molecule has 1 amide bonds. The van der Waals surface area contributed by atoms with Crippen molar-refractivity contribution in [3.8, 4) is 0 Å². The number of carboxylic acids is 2. The van der Waals surface area contributed by atoms with E-state index in [4.69, 9.17) is 22.4 Å². The summed E-state index contributed by atoms with van der Waals surface area (Å²) in [5.41, 5.74) is 0.667. The van der Waals surface area contributed by atoms with E-state index in [9.17, 15) is 14.4 Å². The van der Waals surface area contributed by atoms with E-state index < -0.39 is 30.3 Å². The van der Waals surface area contributed by atoms with Gasteiger partial charge in [-0.05, 0) is 18.2 Å². The fraction of sp³-hybridized carbons (Fsp3) is 0.167. The first-order chi connectivity index (χ1) is 9.90. The summed E-state index contributed by atoms with van der Waals surface area (Å²) in [5, 5.41) is 17.9. The Labute approximate surface area is 128 Å². The van der Waals surface area contributed by atoms with Crippen molar-refractivity contribution in [3.05, 3.63) is 28.9 Å². The zero-order valence-corrected chi connectivity index (χ0v) is 12.1. The molecular weight excluding hydrogens is 316 g/mol. The van der Waals surface area contributed by atoms with Crippen molar-refractivity contribution in [1.82, 2.24) is 9.88 Å². The highest BCUT2D eigenvalue weighted by molar-refractivity contribution is 8.26. The van der Waals surface area contributed by atoms with Crippen molar-refractivity contribution in [3.63, 3.8) is 0 Å². The number of hydrogen-bond donors (Lipinski definition) is 3. The molecule has 2 heterocycles. The Balaban J connectivity index is 2.29. The van der Waals surface area contributed by atoms with Crippen LogP contribution in [-0.2, 0) is 14.4 Å². The van der Waals surface area contributed by atoms with E-state index in [0.717, 1.165) is 16.7 Å². The topological polar surface area (TPSA) is 111 Å². The summed E-state index contributed by atoms with van der Waals surface area (Å²) in [6, 6.07) is 1.97. The van der Waals surface area contributed by atoms with Crippen molar-refractivity contribution < 1.29 is 24.6 Å². The number of amides is 1. The smallest absolute Gasteiger partial charge is 0.327 e. The number of thiocarbonyl (C=S) groups is 1. The Hall–Kier alpha value is -2.13. The molecule has 0 bridgehead atoms. The number of hydrogen-bond acceptors (Lipinski definition) is 5. The SMILES string of the molecule is O=C(O)C[C@@H](C(=O)O)N1C(=O)/C(=C/c2ccc[nH]2)SC1=S. The number of aliphatic carboxylic acids is 2. The molecule has 2 rings (SSSR count). The number of carbonyl (C=O) groups is 3. The average Bonchev–Trinajstić information content (AvgIpc) is 2.97. The Morgan fingerprint density at radius 3 is 2.71 bits per heavy atom. The molecule has 1 fully saturated rings. The molecule has 9 heteroatoms. The van der Waals surface area contributed by atoms with E-state index in [1.807, 2.05) is 0 Å². The Bertz CT molecular complexity index is 638. The zero-order valence-electron chi connectivity index (χ0n) is 10.5. The molecule has 110 valence electrons. The Morgan fingerprint density at radius 1 is 1.48 bits per heavy atom. The van der Waals surface area contributed by atoms with Crippen LogP contribution in [0.2, 0.25) is 0 Å². The number of aromatic nitrogens is 1. The van der Waals surface area contributed by atoms with Crippen LogP contribution in [0, 0.1) is 0 Å². The number of nitrogens with zero attached hydrogens (tertiary/aromatic N) is 1. The summed E-state index contributed by atoms with van der Waals surface area (Å²) in [6.45, 7) is 0. The van der Waals surface area contributed by atoms with Gasteiger partial charge in [0.25, 0.3) is 5.91 Å². The molecule has 1 aliphatic rings. The third kappa shape index (κ3) is 3.31. The van der Waals surface area contributed by atoms with Gasteiger partial charge in [0.15, 0.2) is 0 Å². The van der Waals surface area contributed by atoms with Crippen LogP contribution in [0.1, 0.15) is 12.1 Å². The normalized spacial score (nSPS) is 18.3. The second-order valence-electron chi connectivity index (χ2n) is 4.13.